The molecule has 0 N–H and O–H groups in total. The molecule has 0 saturated carbocycles. The monoisotopic (exact) mass is 390 g/mol. The maximum atomic E-state index is 4.67. The second kappa shape index (κ2) is 6.43. The summed E-state index contributed by atoms with van der Waals surface area (Å²) in [4.78, 5) is 18.9. The van der Waals surface area contributed by atoms with E-state index in [1.165, 1.54) is 25.9 Å². The van der Waals surface area contributed by atoms with Crippen molar-refractivity contribution in [1.29, 1.82) is 0 Å². The lowest BCUT2D eigenvalue weighted by molar-refractivity contribution is 1.29. The molecule has 4 aromatic heterocycles. The maximum Gasteiger partial charge on any atom is 0.0893 e. The first kappa shape index (κ1) is 16.3. The summed E-state index contributed by atoms with van der Waals surface area (Å²) in [6.07, 6.45) is 9.12. The highest BCUT2D eigenvalue weighted by atomic mass is 32.1. The number of benzene rings is 2. The Bertz CT molecular complexity index is 1490. The zero-order chi connectivity index (χ0) is 19.2. The van der Waals surface area contributed by atoms with Crippen molar-refractivity contribution in [1.82, 2.24) is 19.9 Å². The molecule has 0 spiro atoms. The minimum Gasteiger partial charge on any atom is -0.264 e. The van der Waals surface area contributed by atoms with Gasteiger partial charge in [0.05, 0.1) is 16.7 Å². The molecular weight excluding hydrogens is 376 g/mol. The summed E-state index contributed by atoms with van der Waals surface area (Å²) < 4.78 is 1.25. The fourth-order valence-electron chi connectivity index (χ4n) is 3.60. The van der Waals surface area contributed by atoms with Gasteiger partial charge in [-0.15, -0.1) is 11.3 Å². The van der Waals surface area contributed by atoms with Crippen LogP contribution < -0.4 is 0 Å². The quantitative estimate of drug-likeness (QED) is 0.357. The number of thiophene rings is 1. The molecule has 0 aliphatic rings. The van der Waals surface area contributed by atoms with Crippen LogP contribution in [0.25, 0.3) is 53.6 Å². The Morgan fingerprint density at radius 1 is 0.586 bits per heavy atom. The van der Waals surface area contributed by atoms with Crippen molar-refractivity contribution in [2.24, 2.45) is 0 Å². The molecule has 0 fully saturated rings. The van der Waals surface area contributed by atoms with Crippen LogP contribution in [0.5, 0.6) is 0 Å². The number of fused-ring (bicyclic) bond motifs is 3. The zero-order valence-corrected chi connectivity index (χ0v) is 16.1. The van der Waals surface area contributed by atoms with Crippen molar-refractivity contribution in [2.75, 3.05) is 0 Å². The van der Waals surface area contributed by atoms with E-state index in [1.807, 2.05) is 36.8 Å². The lowest BCUT2D eigenvalue weighted by Crippen LogP contribution is -1.87. The van der Waals surface area contributed by atoms with E-state index in [9.17, 15) is 0 Å². The lowest BCUT2D eigenvalue weighted by Gasteiger charge is -2.06. The van der Waals surface area contributed by atoms with Gasteiger partial charge < -0.3 is 0 Å². The Labute approximate surface area is 170 Å². The standard InChI is InChI=1S/C24H14N4S/c1-2-17-14-28-21(15-3-4-20-22(10-15)27-8-7-26-20)11-18(17)9-16(1)24-12-19-13-25-6-5-23(19)29-24/h1-14H. The summed E-state index contributed by atoms with van der Waals surface area (Å²) in [5.74, 6) is 0. The average molecular weight is 390 g/mol. The molecule has 0 aliphatic heterocycles. The smallest absolute Gasteiger partial charge is 0.0893 e. The van der Waals surface area contributed by atoms with Gasteiger partial charge in [-0.05, 0) is 47.3 Å². The molecule has 0 saturated heterocycles. The summed E-state index contributed by atoms with van der Waals surface area (Å²) in [5.41, 5.74) is 4.94. The first-order valence-electron chi connectivity index (χ1n) is 9.28. The van der Waals surface area contributed by atoms with Gasteiger partial charge in [-0.2, -0.15) is 0 Å². The minimum atomic E-state index is 0.875. The van der Waals surface area contributed by atoms with Crippen LogP contribution in [0.1, 0.15) is 0 Å². The Morgan fingerprint density at radius 3 is 2.41 bits per heavy atom. The van der Waals surface area contributed by atoms with Crippen LogP contribution in [0.3, 0.4) is 0 Å². The van der Waals surface area contributed by atoms with Gasteiger partial charge in [-0.3, -0.25) is 19.9 Å². The van der Waals surface area contributed by atoms with Crippen LogP contribution in [0.2, 0.25) is 0 Å². The molecule has 0 aliphatic carbocycles. The van der Waals surface area contributed by atoms with Crippen LogP contribution in [0.4, 0.5) is 0 Å². The summed E-state index contributed by atoms with van der Waals surface area (Å²) in [6, 6.07) is 19.0. The van der Waals surface area contributed by atoms with Gasteiger partial charge in [-0.1, -0.05) is 18.2 Å². The number of hydrogen-bond acceptors (Lipinski definition) is 5. The van der Waals surface area contributed by atoms with Gasteiger partial charge in [0, 0.05) is 56.9 Å². The van der Waals surface area contributed by atoms with E-state index in [0.29, 0.717) is 0 Å². The van der Waals surface area contributed by atoms with Crippen molar-refractivity contribution >= 4 is 43.2 Å². The second-order valence-corrected chi connectivity index (χ2v) is 8.00. The number of nitrogens with zero attached hydrogens (tertiary/aromatic N) is 4. The van der Waals surface area contributed by atoms with Gasteiger partial charge in [0.25, 0.3) is 0 Å². The van der Waals surface area contributed by atoms with Crippen molar-refractivity contribution in [3.8, 4) is 21.7 Å². The van der Waals surface area contributed by atoms with Crippen LogP contribution in [0.15, 0.2) is 85.6 Å². The molecule has 2 aromatic carbocycles. The number of rotatable bonds is 2. The SMILES string of the molecule is c1cc2sc(-c3ccc4cnc(-c5ccc6nccnc6c5)cc4c3)cc2cn1. The highest BCUT2D eigenvalue weighted by Gasteiger charge is 2.08. The predicted molar refractivity (Wildman–Crippen MR) is 119 cm³/mol. The summed E-state index contributed by atoms with van der Waals surface area (Å²) in [7, 11) is 0. The van der Waals surface area contributed by atoms with Crippen LogP contribution >= 0.6 is 11.3 Å². The normalized spacial score (nSPS) is 11.4. The molecule has 0 radical (unpaired) electrons. The number of aromatic nitrogens is 4. The molecule has 4 nitrogen and oxygen atoms in total. The summed E-state index contributed by atoms with van der Waals surface area (Å²) >= 11 is 1.79. The number of hydrogen-bond donors (Lipinski definition) is 0. The van der Waals surface area contributed by atoms with E-state index in [2.05, 4.69) is 56.3 Å². The Kier molecular flexibility index (Phi) is 3.61. The van der Waals surface area contributed by atoms with Crippen LogP contribution in [-0.4, -0.2) is 19.9 Å². The summed E-state index contributed by atoms with van der Waals surface area (Å²) in [6.45, 7) is 0. The minimum absolute atomic E-state index is 0.875. The zero-order valence-electron chi connectivity index (χ0n) is 15.3. The molecule has 0 atom stereocenters. The lowest BCUT2D eigenvalue weighted by atomic mass is 10.0. The van der Waals surface area contributed by atoms with E-state index < -0.39 is 0 Å². The summed E-state index contributed by atoms with van der Waals surface area (Å²) in [5, 5.41) is 3.48. The maximum absolute atomic E-state index is 4.67. The van der Waals surface area contributed by atoms with E-state index in [-0.39, 0.29) is 0 Å². The predicted octanol–water partition coefficient (Wildman–Crippen LogP) is 6.12. The highest BCUT2D eigenvalue weighted by molar-refractivity contribution is 7.22. The molecule has 6 aromatic rings. The second-order valence-electron chi connectivity index (χ2n) is 6.92. The first-order chi connectivity index (χ1) is 14.3. The fraction of sp³-hybridized carbons (Fsp3) is 0. The van der Waals surface area contributed by atoms with E-state index >= 15 is 0 Å². The topological polar surface area (TPSA) is 51.6 Å². The van der Waals surface area contributed by atoms with Gasteiger partial charge >= 0.3 is 0 Å². The van der Waals surface area contributed by atoms with Crippen molar-refractivity contribution in [3.05, 3.63) is 85.6 Å². The number of pyridine rings is 2. The van der Waals surface area contributed by atoms with Crippen molar-refractivity contribution < 1.29 is 0 Å². The molecule has 0 unspecified atom stereocenters. The van der Waals surface area contributed by atoms with Gasteiger partial charge in [0.2, 0.25) is 0 Å². The molecule has 4 heterocycles. The third-order valence-corrected chi connectivity index (χ3v) is 6.25. The van der Waals surface area contributed by atoms with Crippen LogP contribution in [-0.2, 0) is 0 Å². The third kappa shape index (κ3) is 2.83. The van der Waals surface area contributed by atoms with Crippen molar-refractivity contribution in [2.45, 2.75) is 0 Å². The molecular formula is C24H14N4S. The molecule has 0 bridgehead atoms. The van der Waals surface area contributed by atoms with Crippen LogP contribution in [0, 0.1) is 0 Å². The Hall–Kier alpha value is -3.70. The van der Waals surface area contributed by atoms with Gasteiger partial charge in [0.15, 0.2) is 0 Å². The van der Waals surface area contributed by atoms with Gasteiger partial charge in [0.1, 0.15) is 0 Å². The van der Waals surface area contributed by atoms with Crippen molar-refractivity contribution in [3.63, 3.8) is 0 Å². The molecule has 0 amide bonds. The Morgan fingerprint density at radius 2 is 1.48 bits per heavy atom. The molecule has 136 valence electrons. The van der Waals surface area contributed by atoms with E-state index in [0.717, 1.165) is 27.7 Å². The molecule has 6 rings (SSSR count). The first-order valence-corrected chi connectivity index (χ1v) is 10.1. The third-order valence-electron chi connectivity index (χ3n) is 5.09. The van der Waals surface area contributed by atoms with E-state index in [1.54, 1.807) is 23.7 Å². The molecule has 5 heteroatoms. The molecule has 29 heavy (non-hydrogen) atoms. The fourth-order valence-corrected chi connectivity index (χ4v) is 4.63. The largest absolute Gasteiger partial charge is 0.264 e. The van der Waals surface area contributed by atoms with E-state index in [4.69, 9.17) is 0 Å². The highest BCUT2D eigenvalue weighted by Crippen LogP contribution is 2.35. The average Bonchev–Trinajstić information content (AvgIpc) is 3.22. The Balaban J connectivity index is 1.47. The van der Waals surface area contributed by atoms with Gasteiger partial charge in [-0.25, -0.2) is 0 Å².